The minimum atomic E-state index is -1.07. The maximum atomic E-state index is 10.5. The molecule has 0 aliphatic carbocycles. The first kappa shape index (κ1) is 11.3. The minimum absolute atomic E-state index is 0.0296. The number of aromatic hydroxyl groups is 1. The van der Waals surface area contributed by atoms with Crippen LogP contribution in [0.4, 0.5) is 0 Å². The van der Waals surface area contributed by atoms with Crippen molar-refractivity contribution in [2.75, 3.05) is 7.11 Å². The largest absolute Gasteiger partial charge is 0.508 e. The average molecular weight is 211 g/mol. The maximum absolute atomic E-state index is 10.5. The van der Waals surface area contributed by atoms with Gasteiger partial charge in [0.15, 0.2) is 0 Å². The number of ether oxygens (including phenoxy) is 1. The van der Waals surface area contributed by atoms with Gasteiger partial charge in [-0.05, 0) is 24.1 Å². The van der Waals surface area contributed by atoms with Gasteiger partial charge in [0, 0.05) is 6.07 Å². The van der Waals surface area contributed by atoms with Crippen LogP contribution >= 0.6 is 0 Å². The third kappa shape index (κ3) is 3.14. The number of methoxy groups -OCH3 is 1. The number of nitrogens with two attached hydrogens (primary N) is 1. The van der Waals surface area contributed by atoms with E-state index in [0.717, 1.165) is 0 Å². The lowest BCUT2D eigenvalue weighted by atomic mass is 10.1. The molecule has 1 unspecified atom stereocenters. The van der Waals surface area contributed by atoms with E-state index in [-0.39, 0.29) is 12.2 Å². The quantitative estimate of drug-likeness (QED) is 0.668. The van der Waals surface area contributed by atoms with Crippen molar-refractivity contribution in [3.8, 4) is 11.5 Å². The fraction of sp³-hybridized carbons (Fsp3) is 0.300. The molecule has 15 heavy (non-hydrogen) atoms. The summed E-state index contributed by atoms with van der Waals surface area (Å²) in [5, 5.41) is 17.9. The van der Waals surface area contributed by atoms with Crippen molar-refractivity contribution in [3.63, 3.8) is 0 Å². The fourth-order valence-electron chi connectivity index (χ4n) is 1.22. The molecule has 5 heteroatoms. The van der Waals surface area contributed by atoms with E-state index >= 15 is 0 Å². The van der Waals surface area contributed by atoms with Gasteiger partial charge in [0.2, 0.25) is 0 Å². The van der Waals surface area contributed by atoms with Crippen LogP contribution in [-0.2, 0) is 11.2 Å². The average Bonchev–Trinajstić information content (AvgIpc) is 2.16. The summed E-state index contributed by atoms with van der Waals surface area (Å²) in [5.74, 6) is -0.568. The molecule has 0 fully saturated rings. The smallest absolute Gasteiger partial charge is 0.320 e. The second-order valence-electron chi connectivity index (χ2n) is 3.19. The Morgan fingerprint density at radius 3 is 2.73 bits per heavy atom. The van der Waals surface area contributed by atoms with Gasteiger partial charge in [-0.3, -0.25) is 4.79 Å². The molecular weight excluding hydrogens is 198 g/mol. The van der Waals surface area contributed by atoms with E-state index in [1.54, 1.807) is 6.07 Å². The van der Waals surface area contributed by atoms with Crippen molar-refractivity contribution in [1.29, 1.82) is 0 Å². The number of carboxylic acids is 1. The third-order valence-electron chi connectivity index (χ3n) is 1.96. The SMILES string of the molecule is COc1cc(O)cc(CC(N)C(=O)O)c1. The zero-order valence-corrected chi connectivity index (χ0v) is 8.30. The molecule has 0 aliphatic rings. The molecule has 1 aromatic carbocycles. The molecule has 0 saturated carbocycles. The monoisotopic (exact) mass is 211 g/mol. The molecule has 4 N–H and O–H groups in total. The number of carbonyl (C=O) groups is 1. The molecule has 1 aromatic rings. The van der Waals surface area contributed by atoms with Crippen LogP contribution in [-0.4, -0.2) is 29.3 Å². The molecule has 0 aromatic heterocycles. The van der Waals surface area contributed by atoms with E-state index in [0.29, 0.717) is 11.3 Å². The van der Waals surface area contributed by atoms with E-state index in [1.165, 1.54) is 19.2 Å². The number of hydrogen-bond acceptors (Lipinski definition) is 4. The van der Waals surface area contributed by atoms with Crippen molar-refractivity contribution in [3.05, 3.63) is 23.8 Å². The number of phenols is 1. The zero-order chi connectivity index (χ0) is 11.4. The summed E-state index contributed by atoms with van der Waals surface area (Å²) in [6, 6.07) is 3.57. The molecule has 0 saturated heterocycles. The number of carboxylic acid groups (broad SMARTS) is 1. The van der Waals surface area contributed by atoms with E-state index in [1.807, 2.05) is 0 Å². The summed E-state index contributed by atoms with van der Waals surface area (Å²) in [6.45, 7) is 0. The normalized spacial score (nSPS) is 12.1. The molecule has 0 radical (unpaired) electrons. The van der Waals surface area contributed by atoms with E-state index in [4.69, 9.17) is 15.6 Å². The number of aliphatic carboxylic acids is 1. The highest BCUT2D eigenvalue weighted by Crippen LogP contribution is 2.22. The van der Waals surface area contributed by atoms with Gasteiger partial charge in [-0.25, -0.2) is 0 Å². The zero-order valence-electron chi connectivity index (χ0n) is 8.30. The maximum Gasteiger partial charge on any atom is 0.320 e. The number of hydrogen-bond donors (Lipinski definition) is 3. The summed E-state index contributed by atoms with van der Waals surface area (Å²) < 4.78 is 4.93. The first-order chi connectivity index (χ1) is 7.02. The highest BCUT2D eigenvalue weighted by molar-refractivity contribution is 5.73. The Kier molecular flexibility index (Phi) is 3.51. The molecular formula is C10H13NO4. The molecule has 0 aliphatic heterocycles. The standard InChI is InChI=1S/C10H13NO4/c1-15-8-3-6(2-7(12)5-8)4-9(11)10(13)14/h2-3,5,9,12H,4,11H2,1H3,(H,13,14). The summed E-state index contributed by atoms with van der Waals surface area (Å²) in [6.07, 6.45) is 0.153. The topological polar surface area (TPSA) is 92.8 Å². The lowest BCUT2D eigenvalue weighted by Gasteiger charge is -2.08. The Bertz CT molecular complexity index is 364. The predicted octanol–water partition coefficient (Wildman–Crippen LogP) is 0.355. The van der Waals surface area contributed by atoms with Crippen LogP contribution < -0.4 is 10.5 Å². The van der Waals surface area contributed by atoms with E-state index < -0.39 is 12.0 Å². The Labute approximate surface area is 87.1 Å². The Morgan fingerprint density at radius 2 is 2.20 bits per heavy atom. The van der Waals surface area contributed by atoms with Gasteiger partial charge in [0.25, 0.3) is 0 Å². The highest BCUT2D eigenvalue weighted by Gasteiger charge is 2.13. The van der Waals surface area contributed by atoms with Gasteiger partial charge in [0.05, 0.1) is 7.11 Å². The first-order valence-corrected chi connectivity index (χ1v) is 4.38. The summed E-state index contributed by atoms with van der Waals surface area (Å²) in [4.78, 5) is 10.5. The molecule has 1 rings (SSSR count). The first-order valence-electron chi connectivity index (χ1n) is 4.38. The third-order valence-corrected chi connectivity index (χ3v) is 1.96. The van der Waals surface area contributed by atoms with Crippen molar-refractivity contribution < 1.29 is 19.7 Å². The number of benzene rings is 1. The lowest BCUT2D eigenvalue weighted by Crippen LogP contribution is -2.32. The minimum Gasteiger partial charge on any atom is -0.508 e. The second-order valence-corrected chi connectivity index (χ2v) is 3.19. The van der Waals surface area contributed by atoms with Crippen molar-refractivity contribution in [2.45, 2.75) is 12.5 Å². The van der Waals surface area contributed by atoms with Crippen LogP contribution in [0, 0.1) is 0 Å². The highest BCUT2D eigenvalue weighted by atomic mass is 16.5. The molecule has 0 amide bonds. The van der Waals surface area contributed by atoms with Crippen LogP contribution in [0.15, 0.2) is 18.2 Å². The predicted molar refractivity (Wildman–Crippen MR) is 54.0 cm³/mol. The number of rotatable bonds is 4. The van der Waals surface area contributed by atoms with Crippen LogP contribution in [0.5, 0.6) is 11.5 Å². The Hall–Kier alpha value is -1.75. The van der Waals surface area contributed by atoms with Crippen LogP contribution in [0.1, 0.15) is 5.56 Å². The fourth-order valence-corrected chi connectivity index (χ4v) is 1.22. The Balaban J connectivity index is 2.85. The van der Waals surface area contributed by atoms with E-state index in [2.05, 4.69) is 0 Å². The van der Waals surface area contributed by atoms with Gasteiger partial charge < -0.3 is 20.7 Å². The van der Waals surface area contributed by atoms with Gasteiger partial charge >= 0.3 is 5.97 Å². The summed E-state index contributed by atoms with van der Waals surface area (Å²) >= 11 is 0. The van der Waals surface area contributed by atoms with Gasteiger partial charge in [-0.1, -0.05) is 0 Å². The van der Waals surface area contributed by atoms with Crippen LogP contribution in [0.25, 0.3) is 0 Å². The van der Waals surface area contributed by atoms with Gasteiger partial charge in [-0.15, -0.1) is 0 Å². The van der Waals surface area contributed by atoms with Crippen molar-refractivity contribution >= 4 is 5.97 Å². The number of phenolic OH excluding ortho intramolecular Hbond substituents is 1. The molecule has 0 spiro atoms. The van der Waals surface area contributed by atoms with Crippen molar-refractivity contribution in [1.82, 2.24) is 0 Å². The van der Waals surface area contributed by atoms with Crippen LogP contribution in [0.2, 0.25) is 0 Å². The van der Waals surface area contributed by atoms with Gasteiger partial charge in [0.1, 0.15) is 17.5 Å². The van der Waals surface area contributed by atoms with Crippen molar-refractivity contribution in [2.24, 2.45) is 5.73 Å². The molecule has 1 atom stereocenters. The molecule has 0 heterocycles. The Morgan fingerprint density at radius 1 is 1.53 bits per heavy atom. The molecule has 0 bridgehead atoms. The summed E-state index contributed by atoms with van der Waals surface area (Å²) in [5.41, 5.74) is 5.99. The molecule has 5 nitrogen and oxygen atoms in total. The second kappa shape index (κ2) is 4.65. The summed E-state index contributed by atoms with van der Waals surface area (Å²) in [7, 11) is 1.47. The van der Waals surface area contributed by atoms with Gasteiger partial charge in [-0.2, -0.15) is 0 Å². The van der Waals surface area contributed by atoms with E-state index in [9.17, 15) is 9.90 Å². The lowest BCUT2D eigenvalue weighted by molar-refractivity contribution is -0.138. The molecule has 82 valence electrons. The van der Waals surface area contributed by atoms with Crippen LogP contribution in [0.3, 0.4) is 0 Å².